The number of aromatic nitrogens is 2. The summed E-state index contributed by atoms with van der Waals surface area (Å²) in [6.07, 6.45) is 5.34. The third-order valence-electron chi connectivity index (χ3n) is 5.59. The maximum Gasteiger partial charge on any atom is 0.323 e. The number of rotatable bonds is 1. The molecular formula is C19H22N4O2. The number of benzene rings is 1. The van der Waals surface area contributed by atoms with Crippen molar-refractivity contribution in [1.82, 2.24) is 14.7 Å². The molecule has 1 aromatic heterocycles. The van der Waals surface area contributed by atoms with Crippen molar-refractivity contribution in [3.63, 3.8) is 0 Å². The number of urea groups is 1. The number of anilines is 1. The Bertz CT molecular complexity index is 803. The fourth-order valence-corrected chi connectivity index (χ4v) is 4.09. The number of nitrogens with one attached hydrogen (secondary N) is 1. The molecule has 5 rings (SSSR count). The molecule has 0 saturated heterocycles. The van der Waals surface area contributed by atoms with E-state index in [9.17, 15) is 4.79 Å². The number of amides is 2. The van der Waals surface area contributed by atoms with Gasteiger partial charge >= 0.3 is 6.03 Å². The maximum absolute atomic E-state index is 12.9. The van der Waals surface area contributed by atoms with E-state index in [0.29, 0.717) is 18.9 Å². The van der Waals surface area contributed by atoms with Crippen LogP contribution in [0.15, 0.2) is 30.3 Å². The molecule has 2 amide bonds. The number of aryl methyl sites for hydroxylation is 2. The smallest absolute Gasteiger partial charge is 0.323 e. The summed E-state index contributed by atoms with van der Waals surface area (Å²) < 4.78 is 8.31. The number of ether oxygens (including phenoxy) is 1. The van der Waals surface area contributed by atoms with Crippen molar-refractivity contribution >= 4 is 11.8 Å². The first kappa shape index (κ1) is 14.8. The molecule has 1 N–H and O–H groups in total. The van der Waals surface area contributed by atoms with Gasteiger partial charge in [0, 0.05) is 23.9 Å². The second-order valence-corrected chi connectivity index (χ2v) is 7.38. The first-order valence-electron chi connectivity index (χ1n) is 9.10. The van der Waals surface area contributed by atoms with Crippen molar-refractivity contribution in [1.29, 1.82) is 0 Å². The summed E-state index contributed by atoms with van der Waals surface area (Å²) in [5, 5.41) is 7.48. The van der Waals surface area contributed by atoms with Crippen LogP contribution in [-0.4, -0.2) is 32.9 Å². The van der Waals surface area contributed by atoms with E-state index in [0.717, 1.165) is 50.0 Å². The van der Waals surface area contributed by atoms with E-state index in [1.165, 1.54) is 5.69 Å². The Morgan fingerprint density at radius 3 is 2.92 bits per heavy atom. The van der Waals surface area contributed by atoms with Crippen molar-refractivity contribution in [3.8, 4) is 5.75 Å². The van der Waals surface area contributed by atoms with Crippen LogP contribution in [0.2, 0.25) is 0 Å². The lowest BCUT2D eigenvalue weighted by Crippen LogP contribution is -2.52. The Kier molecular flexibility index (Phi) is 3.26. The van der Waals surface area contributed by atoms with Crippen molar-refractivity contribution in [2.75, 3.05) is 11.9 Å². The Morgan fingerprint density at radius 2 is 2.12 bits per heavy atom. The quantitative estimate of drug-likeness (QED) is 0.869. The topological polar surface area (TPSA) is 59.4 Å². The average molecular weight is 338 g/mol. The van der Waals surface area contributed by atoms with Crippen molar-refractivity contribution in [2.24, 2.45) is 0 Å². The molecule has 0 atom stereocenters. The summed E-state index contributed by atoms with van der Waals surface area (Å²) in [5.41, 5.74) is 2.05. The first-order valence-corrected chi connectivity index (χ1v) is 9.10. The van der Waals surface area contributed by atoms with E-state index in [1.54, 1.807) is 0 Å². The van der Waals surface area contributed by atoms with Crippen molar-refractivity contribution < 1.29 is 9.53 Å². The number of hydrogen-bond donors (Lipinski definition) is 1. The molecule has 0 unspecified atom stereocenters. The summed E-state index contributed by atoms with van der Waals surface area (Å²) in [5.74, 6) is 1.57. The Labute approximate surface area is 146 Å². The highest BCUT2D eigenvalue weighted by Gasteiger charge is 2.44. The molecule has 6 nitrogen and oxygen atoms in total. The third-order valence-corrected chi connectivity index (χ3v) is 5.59. The number of nitrogens with zero attached hydrogens (tertiary/aromatic N) is 3. The Morgan fingerprint density at radius 1 is 1.24 bits per heavy atom. The monoisotopic (exact) mass is 338 g/mol. The normalized spacial score (nSPS) is 20.2. The van der Waals surface area contributed by atoms with E-state index in [-0.39, 0.29) is 11.6 Å². The maximum atomic E-state index is 12.9. The molecule has 6 heteroatoms. The fraction of sp³-hybridized carbons (Fsp3) is 0.474. The standard InChI is InChI=1S/C19H22N4O2/c24-18(20-17-11-15-6-3-10-23(15)21-17)22-12-14-5-1-2-7-16(14)25-19(13-22)8-4-9-19/h1-2,5,7,11H,3-4,6,8-10,12-13H2,(H,20,21,24). The van der Waals surface area contributed by atoms with Crippen LogP contribution in [0, 0.1) is 0 Å². The van der Waals surface area contributed by atoms with Crippen LogP contribution >= 0.6 is 0 Å². The molecule has 1 aliphatic carbocycles. The van der Waals surface area contributed by atoms with Gasteiger partial charge in [0.15, 0.2) is 5.82 Å². The lowest BCUT2D eigenvalue weighted by atomic mass is 9.79. The Balaban J connectivity index is 1.39. The van der Waals surface area contributed by atoms with E-state index in [1.807, 2.05) is 39.9 Å². The molecule has 25 heavy (non-hydrogen) atoms. The predicted octanol–water partition coefficient (Wildman–Crippen LogP) is 3.18. The van der Waals surface area contributed by atoms with Crippen LogP contribution in [0.3, 0.4) is 0 Å². The zero-order valence-corrected chi connectivity index (χ0v) is 14.2. The van der Waals surface area contributed by atoms with Crippen LogP contribution in [0.4, 0.5) is 10.6 Å². The van der Waals surface area contributed by atoms with E-state index >= 15 is 0 Å². The van der Waals surface area contributed by atoms with Crippen molar-refractivity contribution in [3.05, 3.63) is 41.6 Å². The van der Waals surface area contributed by atoms with Crippen LogP contribution in [0.25, 0.3) is 0 Å². The largest absolute Gasteiger partial charge is 0.485 e. The molecule has 1 aromatic carbocycles. The third kappa shape index (κ3) is 2.56. The van der Waals surface area contributed by atoms with Crippen molar-refractivity contribution in [2.45, 2.75) is 50.8 Å². The summed E-state index contributed by atoms with van der Waals surface area (Å²) in [6, 6.07) is 9.94. The molecule has 0 radical (unpaired) electrons. The molecule has 1 saturated carbocycles. The van der Waals surface area contributed by atoms with Gasteiger partial charge in [-0.05, 0) is 38.2 Å². The summed E-state index contributed by atoms with van der Waals surface area (Å²) >= 11 is 0. The van der Waals surface area contributed by atoms with E-state index in [4.69, 9.17) is 4.74 Å². The number of fused-ring (bicyclic) bond motifs is 2. The highest BCUT2D eigenvalue weighted by molar-refractivity contribution is 5.88. The molecule has 3 heterocycles. The number of carbonyl (C=O) groups excluding carboxylic acids is 1. The van der Waals surface area contributed by atoms with Crippen LogP contribution in [0.1, 0.15) is 36.9 Å². The van der Waals surface area contributed by atoms with Gasteiger partial charge in [0.25, 0.3) is 0 Å². The number of hydrogen-bond acceptors (Lipinski definition) is 3. The highest BCUT2D eigenvalue weighted by atomic mass is 16.5. The molecule has 3 aliphatic rings. The molecule has 2 aromatic rings. The minimum Gasteiger partial charge on any atom is -0.485 e. The molecule has 1 spiro atoms. The first-order chi connectivity index (χ1) is 12.2. The SMILES string of the molecule is O=C(Nc1cc2n(n1)CCC2)N1Cc2ccccc2OC2(CCC2)C1. The summed E-state index contributed by atoms with van der Waals surface area (Å²) in [7, 11) is 0. The molecular weight excluding hydrogens is 316 g/mol. The van der Waals surface area contributed by atoms with Crippen LogP contribution in [0.5, 0.6) is 5.75 Å². The summed E-state index contributed by atoms with van der Waals surface area (Å²) in [6.45, 7) is 2.14. The minimum atomic E-state index is -0.222. The lowest BCUT2D eigenvalue weighted by molar-refractivity contribution is -0.0199. The van der Waals surface area contributed by atoms with Crippen LogP contribution in [-0.2, 0) is 19.5 Å². The van der Waals surface area contributed by atoms with Gasteiger partial charge < -0.3 is 9.64 Å². The molecule has 130 valence electrons. The molecule has 0 bridgehead atoms. The zero-order chi connectivity index (χ0) is 16.9. The average Bonchev–Trinajstić information content (AvgIpc) is 3.08. The fourth-order valence-electron chi connectivity index (χ4n) is 4.09. The molecule has 2 aliphatic heterocycles. The van der Waals surface area contributed by atoms with Gasteiger partial charge in [-0.3, -0.25) is 10.00 Å². The second kappa shape index (κ2) is 5.51. The van der Waals surface area contributed by atoms with E-state index < -0.39 is 0 Å². The number of carbonyl (C=O) groups is 1. The number of para-hydroxylation sites is 1. The minimum absolute atomic E-state index is 0.0941. The lowest BCUT2D eigenvalue weighted by Gasteiger charge is -2.42. The second-order valence-electron chi connectivity index (χ2n) is 7.38. The van der Waals surface area contributed by atoms with Gasteiger partial charge in [0.05, 0.1) is 13.1 Å². The van der Waals surface area contributed by atoms with E-state index in [2.05, 4.69) is 10.4 Å². The van der Waals surface area contributed by atoms with Crippen LogP contribution < -0.4 is 10.1 Å². The highest BCUT2D eigenvalue weighted by Crippen LogP contribution is 2.41. The van der Waals surface area contributed by atoms with Gasteiger partial charge in [-0.2, -0.15) is 5.10 Å². The van der Waals surface area contributed by atoms with Gasteiger partial charge in [0.2, 0.25) is 0 Å². The predicted molar refractivity (Wildman–Crippen MR) is 93.6 cm³/mol. The van der Waals surface area contributed by atoms with Gasteiger partial charge in [-0.25, -0.2) is 4.79 Å². The molecule has 1 fully saturated rings. The zero-order valence-electron chi connectivity index (χ0n) is 14.2. The summed E-state index contributed by atoms with van der Waals surface area (Å²) in [4.78, 5) is 14.8. The van der Waals surface area contributed by atoms with Gasteiger partial charge in [-0.15, -0.1) is 0 Å². The van der Waals surface area contributed by atoms with Gasteiger partial charge in [0.1, 0.15) is 11.4 Å². The van der Waals surface area contributed by atoms with Gasteiger partial charge in [-0.1, -0.05) is 18.2 Å². The Hall–Kier alpha value is -2.50.